The number of rotatable bonds is 69. The Bertz CT molecular complexity index is 1310. The number of aliphatic hydroxyl groups is 2. The van der Waals surface area contributed by atoms with Gasteiger partial charge in [0, 0.05) is 12.8 Å². The Hall–Kier alpha value is -1.92. The normalized spacial score (nSPS) is 12.7. The number of esters is 1. The van der Waals surface area contributed by atoms with Crippen LogP contribution < -0.4 is 5.32 Å². The molecule has 478 valence electrons. The number of amides is 1. The van der Waals surface area contributed by atoms with Gasteiger partial charge in [0.2, 0.25) is 5.91 Å². The lowest BCUT2D eigenvalue weighted by Gasteiger charge is -2.20. The molecule has 0 heterocycles. The van der Waals surface area contributed by atoms with Gasteiger partial charge in [-0.25, -0.2) is 0 Å². The molecule has 0 aliphatic heterocycles. The van der Waals surface area contributed by atoms with Crippen LogP contribution in [0.3, 0.4) is 0 Å². The van der Waals surface area contributed by atoms with Crippen LogP contribution in [0.15, 0.2) is 36.5 Å². The van der Waals surface area contributed by atoms with Gasteiger partial charge in [-0.3, -0.25) is 9.59 Å². The predicted molar refractivity (Wildman–Crippen MR) is 356 cm³/mol. The lowest BCUT2D eigenvalue weighted by molar-refractivity contribution is -0.143. The van der Waals surface area contributed by atoms with E-state index in [0.717, 1.165) is 44.9 Å². The van der Waals surface area contributed by atoms with Gasteiger partial charge in [-0.15, -0.1) is 0 Å². The molecule has 0 aliphatic rings. The molecule has 0 spiro atoms. The second kappa shape index (κ2) is 70.6. The minimum absolute atomic E-state index is 0.00932. The number of carbonyl (C=O) groups excluding carboxylic acids is 2. The number of nitrogens with one attached hydrogen (secondary N) is 1. The van der Waals surface area contributed by atoms with Crippen LogP contribution in [0.4, 0.5) is 0 Å². The fraction of sp³-hybridized carbons (Fsp3) is 0.893. The fourth-order valence-corrected chi connectivity index (χ4v) is 11.5. The zero-order chi connectivity index (χ0) is 58.5. The van der Waals surface area contributed by atoms with Gasteiger partial charge in [-0.1, -0.05) is 346 Å². The molecule has 3 N–H and O–H groups in total. The van der Waals surface area contributed by atoms with E-state index in [1.165, 1.54) is 334 Å². The Morgan fingerprint density at radius 1 is 0.333 bits per heavy atom. The number of hydrogen-bond acceptors (Lipinski definition) is 5. The molecule has 0 aromatic carbocycles. The molecule has 1 amide bonds. The van der Waals surface area contributed by atoms with E-state index in [0.29, 0.717) is 19.4 Å². The standard InChI is InChI=1S/C75H143NO5/c1-3-5-7-9-11-13-15-17-19-21-33-36-39-43-47-51-55-59-63-67-73(78)72(71-77)76-74(79)68-64-60-56-52-48-44-40-37-34-31-29-27-25-23-22-24-26-28-30-32-35-38-42-46-50-54-58-62-66-70-81-75(80)69-65-61-57-53-49-45-41-20-18-16-14-12-10-8-6-4-2/h20,22,24,41,63,67,72-73,77-78H,3-19,21,23,25-40,42-62,64-66,68-71H2,1-2H3,(H,76,79)/b24-22-,41-20-,67-63+. The Morgan fingerprint density at radius 3 is 0.877 bits per heavy atom. The van der Waals surface area contributed by atoms with Crippen molar-refractivity contribution >= 4 is 11.9 Å². The lowest BCUT2D eigenvalue weighted by atomic mass is 10.0. The second-order valence-corrected chi connectivity index (χ2v) is 25.3. The Balaban J connectivity index is 3.39. The van der Waals surface area contributed by atoms with Crippen LogP contribution in [-0.4, -0.2) is 47.4 Å². The first kappa shape index (κ1) is 79.1. The minimum atomic E-state index is -0.845. The molecule has 6 heteroatoms. The maximum atomic E-state index is 12.5. The quantitative estimate of drug-likeness (QED) is 0.0320. The van der Waals surface area contributed by atoms with Crippen molar-refractivity contribution in [1.82, 2.24) is 5.32 Å². The smallest absolute Gasteiger partial charge is 0.305 e. The highest BCUT2D eigenvalue weighted by molar-refractivity contribution is 5.76. The lowest BCUT2D eigenvalue weighted by Crippen LogP contribution is -2.45. The van der Waals surface area contributed by atoms with Crippen molar-refractivity contribution in [2.45, 2.75) is 418 Å². The van der Waals surface area contributed by atoms with E-state index in [9.17, 15) is 19.8 Å². The number of hydrogen-bond donors (Lipinski definition) is 3. The summed E-state index contributed by atoms with van der Waals surface area (Å²) in [7, 11) is 0. The maximum absolute atomic E-state index is 12.5. The zero-order valence-corrected chi connectivity index (χ0v) is 54.8. The van der Waals surface area contributed by atoms with Crippen LogP contribution in [0, 0.1) is 0 Å². The number of allylic oxidation sites excluding steroid dienone is 5. The van der Waals surface area contributed by atoms with Gasteiger partial charge in [0.15, 0.2) is 0 Å². The van der Waals surface area contributed by atoms with Crippen LogP contribution >= 0.6 is 0 Å². The summed E-state index contributed by atoms with van der Waals surface area (Å²) >= 11 is 0. The van der Waals surface area contributed by atoms with E-state index in [1.54, 1.807) is 6.08 Å². The summed E-state index contributed by atoms with van der Waals surface area (Å²) in [4.78, 5) is 24.6. The summed E-state index contributed by atoms with van der Waals surface area (Å²) in [6, 6.07) is -0.628. The van der Waals surface area contributed by atoms with E-state index in [4.69, 9.17) is 4.74 Å². The number of ether oxygens (including phenoxy) is 1. The largest absolute Gasteiger partial charge is 0.466 e. The summed E-state index contributed by atoms with van der Waals surface area (Å²) in [6.07, 6.45) is 90.9. The van der Waals surface area contributed by atoms with Gasteiger partial charge in [-0.05, 0) is 83.5 Å². The molecule has 0 aliphatic carbocycles. The number of aliphatic hydroxyl groups excluding tert-OH is 2. The molecular weight excluding hydrogens is 995 g/mol. The third-order valence-corrected chi connectivity index (χ3v) is 17.1. The molecule has 0 saturated carbocycles. The molecule has 2 atom stereocenters. The average Bonchev–Trinajstić information content (AvgIpc) is 3.47. The molecule has 0 bridgehead atoms. The predicted octanol–water partition coefficient (Wildman–Crippen LogP) is 23.9. The third-order valence-electron chi connectivity index (χ3n) is 17.1. The average molecular weight is 1140 g/mol. The summed E-state index contributed by atoms with van der Waals surface area (Å²) < 4.78 is 5.50. The van der Waals surface area contributed by atoms with Crippen LogP contribution in [0.2, 0.25) is 0 Å². The SMILES string of the molecule is CCCCCCCCC/C=C\CCCCCCCC(=O)OCCCCCCCCCCCCCC/C=C\CCCCCCCCCCCCCCCC(=O)NC(CO)C(O)/C=C/CCCCCCCCCCCCCCCCCCC. The highest BCUT2D eigenvalue weighted by Gasteiger charge is 2.18. The van der Waals surface area contributed by atoms with Crippen molar-refractivity contribution < 1.29 is 24.5 Å². The molecule has 0 rings (SSSR count). The van der Waals surface area contributed by atoms with E-state index >= 15 is 0 Å². The first-order valence-electron chi connectivity index (χ1n) is 36.8. The second-order valence-electron chi connectivity index (χ2n) is 25.3. The van der Waals surface area contributed by atoms with E-state index in [1.807, 2.05) is 6.08 Å². The van der Waals surface area contributed by atoms with Gasteiger partial charge < -0.3 is 20.3 Å². The van der Waals surface area contributed by atoms with Crippen molar-refractivity contribution in [3.8, 4) is 0 Å². The molecule has 2 unspecified atom stereocenters. The van der Waals surface area contributed by atoms with Crippen molar-refractivity contribution in [2.24, 2.45) is 0 Å². The van der Waals surface area contributed by atoms with Crippen LogP contribution in [-0.2, 0) is 14.3 Å². The van der Waals surface area contributed by atoms with E-state index in [2.05, 4.69) is 43.5 Å². The Labute approximate surface area is 506 Å². The molecule has 0 aromatic heterocycles. The topological polar surface area (TPSA) is 95.9 Å². The third kappa shape index (κ3) is 67.1. The molecule has 6 nitrogen and oxygen atoms in total. The fourth-order valence-electron chi connectivity index (χ4n) is 11.5. The number of unbranched alkanes of at least 4 members (excludes halogenated alkanes) is 54. The van der Waals surface area contributed by atoms with Crippen LogP contribution in [0.1, 0.15) is 406 Å². The van der Waals surface area contributed by atoms with E-state index in [-0.39, 0.29) is 18.5 Å². The summed E-state index contributed by atoms with van der Waals surface area (Å²) in [5.41, 5.74) is 0. The summed E-state index contributed by atoms with van der Waals surface area (Å²) in [5, 5.41) is 23.2. The van der Waals surface area contributed by atoms with Gasteiger partial charge in [-0.2, -0.15) is 0 Å². The molecule has 81 heavy (non-hydrogen) atoms. The van der Waals surface area contributed by atoms with E-state index < -0.39 is 12.1 Å². The zero-order valence-electron chi connectivity index (χ0n) is 54.8. The monoisotopic (exact) mass is 1140 g/mol. The van der Waals surface area contributed by atoms with Crippen molar-refractivity contribution in [1.29, 1.82) is 0 Å². The first-order valence-corrected chi connectivity index (χ1v) is 36.8. The van der Waals surface area contributed by atoms with Crippen molar-refractivity contribution in [3.05, 3.63) is 36.5 Å². The molecule has 0 aromatic rings. The van der Waals surface area contributed by atoms with Gasteiger partial charge in [0.1, 0.15) is 0 Å². The van der Waals surface area contributed by atoms with Crippen LogP contribution in [0.25, 0.3) is 0 Å². The Kier molecular flexibility index (Phi) is 68.9. The highest BCUT2D eigenvalue weighted by Crippen LogP contribution is 2.18. The molecule has 0 fully saturated rings. The highest BCUT2D eigenvalue weighted by atomic mass is 16.5. The van der Waals surface area contributed by atoms with Gasteiger partial charge in [0.05, 0.1) is 25.4 Å². The van der Waals surface area contributed by atoms with Crippen molar-refractivity contribution in [3.63, 3.8) is 0 Å². The summed E-state index contributed by atoms with van der Waals surface area (Å²) in [6.45, 7) is 4.93. The Morgan fingerprint density at radius 2 is 0.580 bits per heavy atom. The maximum Gasteiger partial charge on any atom is 0.305 e. The van der Waals surface area contributed by atoms with Crippen molar-refractivity contribution in [2.75, 3.05) is 13.2 Å². The number of carbonyl (C=O) groups is 2. The minimum Gasteiger partial charge on any atom is -0.466 e. The van der Waals surface area contributed by atoms with Crippen LogP contribution in [0.5, 0.6) is 0 Å². The summed E-state index contributed by atoms with van der Waals surface area (Å²) in [5.74, 6) is -0.0544. The van der Waals surface area contributed by atoms with Gasteiger partial charge in [0.25, 0.3) is 0 Å². The first-order chi connectivity index (χ1) is 40.0. The molecule has 0 saturated heterocycles. The molecule has 0 radical (unpaired) electrons. The van der Waals surface area contributed by atoms with Gasteiger partial charge >= 0.3 is 5.97 Å². The molecular formula is C75H143NO5.